The molecule has 0 aromatic heterocycles. The fraction of sp³-hybridized carbons (Fsp3) is 0.364. The lowest BCUT2D eigenvalue weighted by Gasteiger charge is -2.04. The lowest BCUT2D eigenvalue weighted by molar-refractivity contribution is 0.0990. The van der Waals surface area contributed by atoms with Crippen molar-refractivity contribution in [2.45, 2.75) is 19.3 Å². The van der Waals surface area contributed by atoms with Crippen LogP contribution in [0.4, 0.5) is 0 Å². The molecule has 0 amide bonds. The number of benzene rings is 1. The molecular weight excluding hydrogens is 164 g/mol. The van der Waals surface area contributed by atoms with Crippen molar-refractivity contribution in [3.05, 3.63) is 29.3 Å². The van der Waals surface area contributed by atoms with Gasteiger partial charge in [-0.05, 0) is 23.6 Å². The van der Waals surface area contributed by atoms with Crippen molar-refractivity contribution in [3.8, 4) is 5.75 Å². The summed E-state index contributed by atoms with van der Waals surface area (Å²) in [4.78, 5) is 11.5. The molecule has 1 aliphatic rings. The minimum atomic E-state index is 0.237. The Bertz CT molecular complexity index is 355. The van der Waals surface area contributed by atoms with E-state index in [9.17, 15) is 4.79 Å². The summed E-state index contributed by atoms with van der Waals surface area (Å²) in [6.45, 7) is 2.08. The molecule has 0 fully saturated rings. The van der Waals surface area contributed by atoms with E-state index >= 15 is 0 Å². The molecule has 1 aromatic rings. The number of Topliss-reactive ketones (excluding diaryl/α,β-unsaturated/α-hetero) is 1. The summed E-state index contributed by atoms with van der Waals surface area (Å²) >= 11 is 0. The highest BCUT2D eigenvalue weighted by atomic mass is 16.5. The third-order valence-corrected chi connectivity index (χ3v) is 2.58. The van der Waals surface area contributed by atoms with Crippen LogP contribution in [0.2, 0.25) is 0 Å². The zero-order valence-electron chi connectivity index (χ0n) is 7.83. The molecule has 2 nitrogen and oxygen atoms in total. The molecule has 0 spiro atoms. The van der Waals surface area contributed by atoms with Gasteiger partial charge in [-0.1, -0.05) is 13.0 Å². The first-order valence-corrected chi connectivity index (χ1v) is 4.43. The summed E-state index contributed by atoms with van der Waals surface area (Å²) in [5.74, 6) is 1.37. The molecule has 0 heterocycles. The Morgan fingerprint density at radius 3 is 2.92 bits per heavy atom. The molecule has 0 saturated carbocycles. The third-order valence-electron chi connectivity index (χ3n) is 2.58. The smallest absolute Gasteiger partial charge is 0.163 e. The van der Waals surface area contributed by atoms with E-state index in [4.69, 9.17) is 4.74 Å². The number of methoxy groups -OCH3 is 1. The number of rotatable bonds is 1. The second kappa shape index (κ2) is 2.87. The van der Waals surface area contributed by atoms with Crippen LogP contribution < -0.4 is 4.74 Å². The number of ketones is 1. The first kappa shape index (κ1) is 8.30. The maximum atomic E-state index is 11.5. The van der Waals surface area contributed by atoms with Crippen molar-refractivity contribution in [3.63, 3.8) is 0 Å². The molecule has 0 N–H and O–H groups in total. The van der Waals surface area contributed by atoms with Crippen molar-refractivity contribution in [1.29, 1.82) is 0 Å². The van der Waals surface area contributed by atoms with Gasteiger partial charge in [0.25, 0.3) is 0 Å². The number of hydrogen-bond acceptors (Lipinski definition) is 2. The molecule has 1 atom stereocenters. The average molecular weight is 176 g/mol. The van der Waals surface area contributed by atoms with Crippen LogP contribution in [0, 0.1) is 0 Å². The van der Waals surface area contributed by atoms with E-state index in [1.165, 1.54) is 0 Å². The molecule has 1 unspecified atom stereocenters. The van der Waals surface area contributed by atoms with Gasteiger partial charge in [0.1, 0.15) is 5.75 Å². The molecule has 0 aliphatic heterocycles. The summed E-state index contributed by atoms with van der Waals surface area (Å²) in [5, 5.41) is 0. The van der Waals surface area contributed by atoms with E-state index in [0.29, 0.717) is 12.3 Å². The SMILES string of the molecule is COc1ccc2c(c1)C(=O)CC2C. The minimum absolute atomic E-state index is 0.237. The Morgan fingerprint density at radius 2 is 2.23 bits per heavy atom. The van der Waals surface area contributed by atoms with Crippen molar-refractivity contribution in [2.24, 2.45) is 0 Å². The molecule has 1 aliphatic carbocycles. The monoisotopic (exact) mass is 176 g/mol. The van der Waals surface area contributed by atoms with Crippen LogP contribution in [-0.4, -0.2) is 12.9 Å². The van der Waals surface area contributed by atoms with Crippen LogP contribution >= 0.6 is 0 Å². The van der Waals surface area contributed by atoms with E-state index in [1.807, 2.05) is 18.2 Å². The van der Waals surface area contributed by atoms with Gasteiger partial charge >= 0.3 is 0 Å². The van der Waals surface area contributed by atoms with Crippen LogP contribution in [0.15, 0.2) is 18.2 Å². The number of hydrogen-bond donors (Lipinski definition) is 0. The van der Waals surface area contributed by atoms with Crippen molar-refractivity contribution in [2.75, 3.05) is 7.11 Å². The van der Waals surface area contributed by atoms with Gasteiger partial charge in [0.05, 0.1) is 7.11 Å². The zero-order chi connectivity index (χ0) is 9.42. The molecule has 2 rings (SSSR count). The third kappa shape index (κ3) is 1.22. The number of ether oxygens (including phenoxy) is 1. The quantitative estimate of drug-likeness (QED) is 0.656. The van der Waals surface area contributed by atoms with Crippen LogP contribution in [0.5, 0.6) is 5.75 Å². The highest BCUT2D eigenvalue weighted by molar-refractivity contribution is 6.01. The highest BCUT2D eigenvalue weighted by Gasteiger charge is 2.25. The molecule has 2 heteroatoms. The molecule has 13 heavy (non-hydrogen) atoms. The maximum absolute atomic E-state index is 11.5. The lowest BCUT2D eigenvalue weighted by atomic mass is 10.0. The fourth-order valence-electron chi connectivity index (χ4n) is 1.83. The van der Waals surface area contributed by atoms with Gasteiger partial charge in [0, 0.05) is 12.0 Å². The Morgan fingerprint density at radius 1 is 1.46 bits per heavy atom. The highest BCUT2D eigenvalue weighted by Crippen LogP contribution is 2.34. The molecule has 0 radical (unpaired) electrons. The molecule has 1 aromatic carbocycles. The Balaban J connectivity index is 2.52. The second-order valence-electron chi connectivity index (χ2n) is 3.48. The van der Waals surface area contributed by atoms with Crippen molar-refractivity contribution < 1.29 is 9.53 Å². The summed E-state index contributed by atoms with van der Waals surface area (Å²) in [6, 6.07) is 5.73. The summed E-state index contributed by atoms with van der Waals surface area (Å²) < 4.78 is 5.07. The predicted octanol–water partition coefficient (Wildman–Crippen LogP) is 2.39. The summed E-state index contributed by atoms with van der Waals surface area (Å²) in [5.41, 5.74) is 2.00. The van der Waals surface area contributed by atoms with E-state index < -0.39 is 0 Å². The van der Waals surface area contributed by atoms with Crippen LogP contribution in [-0.2, 0) is 0 Å². The van der Waals surface area contributed by atoms with Crippen LogP contribution in [0.25, 0.3) is 0 Å². The van der Waals surface area contributed by atoms with Gasteiger partial charge in [-0.2, -0.15) is 0 Å². The minimum Gasteiger partial charge on any atom is -0.497 e. The Labute approximate surface area is 77.5 Å². The Hall–Kier alpha value is -1.31. The predicted molar refractivity (Wildman–Crippen MR) is 50.4 cm³/mol. The second-order valence-corrected chi connectivity index (χ2v) is 3.48. The fourth-order valence-corrected chi connectivity index (χ4v) is 1.83. The maximum Gasteiger partial charge on any atom is 0.163 e. The van der Waals surface area contributed by atoms with E-state index in [1.54, 1.807) is 7.11 Å². The van der Waals surface area contributed by atoms with Crippen molar-refractivity contribution in [1.82, 2.24) is 0 Å². The molecular formula is C11H12O2. The normalized spacial score (nSPS) is 20.2. The van der Waals surface area contributed by atoms with Crippen LogP contribution in [0.1, 0.15) is 35.2 Å². The largest absolute Gasteiger partial charge is 0.497 e. The van der Waals surface area contributed by atoms with Gasteiger partial charge < -0.3 is 4.74 Å². The zero-order valence-corrected chi connectivity index (χ0v) is 7.83. The standard InChI is InChI=1S/C11H12O2/c1-7-5-11(12)10-6-8(13-2)3-4-9(7)10/h3-4,6-7H,5H2,1-2H3. The molecule has 68 valence electrons. The van der Waals surface area contributed by atoms with Gasteiger partial charge in [-0.3, -0.25) is 4.79 Å². The van der Waals surface area contributed by atoms with Crippen molar-refractivity contribution >= 4 is 5.78 Å². The number of carbonyl (C=O) groups is 1. The first-order chi connectivity index (χ1) is 6.22. The molecule has 0 saturated heterocycles. The summed E-state index contributed by atoms with van der Waals surface area (Å²) in [7, 11) is 1.62. The first-order valence-electron chi connectivity index (χ1n) is 4.43. The Kier molecular flexibility index (Phi) is 1.83. The van der Waals surface area contributed by atoms with Gasteiger partial charge in [-0.25, -0.2) is 0 Å². The lowest BCUT2D eigenvalue weighted by Crippen LogP contribution is -1.92. The van der Waals surface area contributed by atoms with E-state index in [-0.39, 0.29) is 5.78 Å². The van der Waals surface area contributed by atoms with E-state index in [0.717, 1.165) is 16.9 Å². The molecule has 0 bridgehead atoms. The van der Waals surface area contributed by atoms with Crippen LogP contribution in [0.3, 0.4) is 0 Å². The van der Waals surface area contributed by atoms with Gasteiger partial charge in [0.2, 0.25) is 0 Å². The number of fused-ring (bicyclic) bond motifs is 1. The topological polar surface area (TPSA) is 26.3 Å². The summed E-state index contributed by atoms with van der Waals surface area (Å²) in [6.07, 6.45) is 0.641. The average Bonchev–Trinajstić information content (AvgIpc) is 2.42. The number of carbonyl (C=O) groups excluding carboxylic acids is 1. The van der Waals surface area contributed by atoms with E-state index in [2.05, 4.69) is 6.92 Å². The van der Waals surface area contributed by atoms with Gasteiger partial charge in [-0.15, -0.1) is 0 Å². The van der Waals surface area contributed by atoms with Gasteiger partial charge in [0.15, 0.2) is 5.78 Å².